The van der Waals surface area contributed by atoms with Crippen molar-refractivity contribution in [1.29, 1.82) is 0 Å². The van der Waals surface area contributed by atoms with Crippen molar-refractivity contribution in [3.63, 3.8) is 0 Å². The number of esters is 1. The Morgan fingerprint density at radius 1 is 1.03 bits per heavy atom. The minimum atomic E-state index is -5.09. The molecule has 1 aliphatic heterocycles. The van der Waals surface area contributed by atoms with Crippen LogP contribution >= 0.6 is 0 Å². The van der Waals surface area contributed by atoms with Crippen LogP contribution in [0.2, 0.25) is 0 Å². The Bertz CT molecular complexity index is 1230. The number of rotatable bonds is 9. The minimum Gasteiger partial charge on any atom is -0.465 e. The lowest BCUT2D eigenvalue weighted by Gasteiger charge is -2.35. The van der Waals surface area contributed by atoms with E-state index >= 15 is 0 Å². The minimum absolute atomic E-state index is 0.0705. The van der Waals surface area contributed by atoms with Gasteiger partial charge in [-0.25, -0.2) is 13.6 Å². The molecule has 2 fully saturated rings. The maximum absolute atomic E-state index is 14.8. The molecular weight excluding hydrogens is 515 g/mol. The van der Waals surface area contributed by atoms with Crippen molar-refractivity contribution in [1.82, 2.24) is 10.6 Å². The van der Waals surface area contributed by atoms with Gasteiger partial charge in [-0.15, -0.1) is 0 Å². The third-order valence-electron chi connectivity index (χ3n) is 6.59. The van der Waals surface area contributed by atoms with Crippen LogP contribution in [0.1, 0.15) is 57.1 Å². The fraction of sp³-hybridized carbons (Fsp3) is 0.423. The SMILES string of the molecule is COC(=O)c1cccc(C(=O)N[C@H](CC2CC2)C(=O)N[C@@H](c2cc(F)c(C(F)(F)F)cc2F)C2COC2)c1. The van der Waals surface area contributed by atoms with E-state index in [1.54, 1.807) is 0 Å². The fourth-order valence-electron chi connectivity index (χ4n) is 4.23. The van der Waals surface area contributed by atoms with Gasteiger partial charge in [0.25, 0.3) is 5.91 Å². The normalized spacial score (nSPS) is 17.2. The Morgan fingerprint density at radius 2 is 1.71 bits per heavy atom. The number of benzene rings is 2. The van der Waals surface area contributed by atoms with Gasteiger partial charge < -0.3 is 20.1 Å². The topological polar surface area (TPSA) is 93.7 Å². The molecule has 1 saturated carbocycles. The summed E-state index contributed by atoms with van der Waals surface area (Å²) in [5.41, 5.74) is -1.96. The number of methoxy groups -OCH3 is 1. The zero-order chi connectivity index (χ0) is 27.6. The lowest BCUT2D eigenvalue weighted by Crippen LogP contribution is -2.51. The van der Waals surface area contributed by atoms with Crippen LogP contribution in [0.15, 0.2) is 36.4 Å². The summed E-state index contributed by atoms with van der Waals surface area (Å²) < 4.78 is 78.0. The third-order valence-corrected chi connectivity index (χ3v) is 6.59. The average molecular weight is 540 g/mol. The molecule has 7 nitrogen and oxygen atoms in total. The van der Waals surface area contributed by atoms with Crippen molar-refractivity contribution in [3.8, 4) is 0 Å². The molecule has 2 amide bonds. The van der Waals surface area contributed by atoms with E-state index in [1.807, 2.05) is 0 Å². The first-order chi connectivity index (χ1) is 18.0. The predicted octanol–water partition coefficient (Wildman–Crippen LogP) is 4.17. The summed E-state index contributed by atoms with van der Waals surface area (Å²) >= 11 is 0. The van der Waals surface area contributed by atoms with E-state index < -0.39 is 64.7 Å². The number of hydrogen-bond donors (Lipinski definition) is 2. The van der Waals surface area contributed by atoms with E-state index in [4.69, 9.17) is 4.74 Å². The largest absolute Gasteiger partial charge is 0.465 e. The molecule has 204 valence electrons. The molecule has 1 aliphatic carbocycles. The molecule has 1 heterocycles. The molecule has 4 rings (SSSR count). The molecule has 2 atom stereocenters. The van der Waals surface area contributed by atoms with Crippen LogP contribution in [0.3, 0.4) is 0 Å². The highest BCUT2D eigenvalue weighted by molar-refractivity contribution is 6.00. The Kier molecular flexibility index (Phi) is 8.00. The molecule has 0 bridgehead atoms. The first-order valence-corrected chi connectivity index (χ1v) is 11.9. The van der Waals surface area contributed by atoms with Crippen molar-refractivity contribution >= 4 is 17.8 Å². The van der Waals surface area contributed by atoms with Crippen LogP contribution in [-0.2, 0) is 20.4 Å². The second kappa shape index (κ2) is 11.1. The monoisotopic (exact) mass is 540 g/mol. The number of carbonyl (C=O) groups is 3. The van der Waals surface area contributed by atoms with Crippen molar-refractivity contribution in [2.24, 2.45) is 11.8 Å². The van der Waals surface area contributed by atoms with Gasteiger partial charge in [0.2, 0.25) is 5.91 Å². The van der Waals surface area contributed by atoms with Gasteiger partial charge in [-0.2, -0.15) is 13.2 Å². The molecule has 2 aromatic rings. The lowest BCUT2D eigenvalue weighted by atomic mass is 9.89. The van der Waals surface area contributed by atoms with Crippen molar-refractivity contribution in [3.05, 3.63) is 70.3 Å². The summed E-state index contributed by atoms with van der Waals surface area (Å²) in [4.78, 5) is 38.0. The van der Waals surface area contributed by atoms with Crippen molar-refractivity contribution in [2.45, 2.75) is 37.5 Å². The standard InChI is InChI=1S/C26H25F5N2O5/c1-37-25(36)15-4-2-3-14(8-15)23(34)32-21(7-13-5-6-13)24(35)33-22(16-11-38-12-16)17-9-20(28)18(10-19(17)27)26(29,30)31/h2-4,8-10,13,16,21-22H,5-7,11-12H2,1H3,(H,32,34)(H,33,35)/t21-,22-/m1/s1. The molecule has 0 radical (unpaired) electrons. The molecule has 0 spiro atoms. The van der Waals surface area contributed by atoms with Crippen molar-refractivity contribution in [2.75, 3.05) is 20.3 Å². The molecule has 1 saturated heterocycles. The summed E-state index contributed by atoms with van der Waals surface area (Å²) in [6, 6.07) is 3.95. The van der Waals surface area contributed by atoms with Gasteiger partial charge in [0.05, 0.1) is 37.5 Å². The summed E-state index contributed by atoms with van der Waals surface area (Å²) in [5.74, 6) is -5.34. The quantitative estimate of drug-likeness (QED) is 0.368. The second-order valence-electron chi connectivity index (χ2n) is 9.41. The number of amides is 2. The number of alkyl halides is 3. The Hall–Kier alpha value is -3.54. The lowest BCUT2D eigenvalue weighted by molar-refractivity contribution is -0.140. The van der Waals surface area contributed by atoms with E-state index in [9.17, 15) is 36.3 Å². The first-order valence-electron chi connectivity index (χ1n) is 11.9. The Morgan fingerprint density at radius 3 is 2.29 bits per heavy atom. The predicted molar refractivity (Wildman–Crippen MR) is 123 cm³/mol. The van der Waals surface area contributed by atoms with Gasteiger partial charge in [-0.05, 0) is 42.7 Å². The van der Waals surface area contributed by atoms with Gasteiger partial charge in [0.1, 0.15) is 17.7 Å². The first kappa shape index (κ1) is 27.5. The van der Waals surface area contributed by atoms with E-state index in [0.717, 1.165) is 12.8 Å². The van der Waals surface area contributed by atoms with Gasteiger partial charge >= 0.3 is 12.1 Å². The highest BCUT2D eigenvalue weighted by Gasteiger charge is 2.39. The molecule has 2 N–H and O–H groups in total. The van der Waals surface area contributed by atoms with E-state index in [0.29, 0.717) is 6.07 Å². The number of hydrogen-bond acceptors (Lipinski definition) is 5. The summed E-state index contributed by atoms with van der Waals surface area (Å²) in [6.07, 6.45) is -3.13. The van der Waals surface area contributed by atoms with E-state index in [1.165, 1.54) is 31.4 Å². The molecule has 0 unspecified atom stereocenters. The zero-order valence-corrected chi connectivity index (χ0v) is 20.2. The molecule has 2 aliphatic rings. The molecular formula is C26H25F5N2O5. The Balaban J connectivity index is 1.56. The van der Waals surface area contributed by atoms with Crippen LogP contribution in [0.5, 0.6) is 0 Å². The number of nitrogens with one attached hydrogen (secondary N) is 2. The van der Waals surface area contributed by atoms with E-state index in [-0.39, 0.29) is 42.7 Å². The Labute approximate surface area is 214 Å². The molecule has 0 aromatic heterocycles. The smallest absolute Gasteiger partial charge is 0.419 e. The zero-order valence-electron chi connectivity index (χ0n) is 20.2. The number of ether oxygens (including phenoxy) is 2. The average Bonchev–Trinajstić information content (AvgIpc) is 3.66. The molecule has 2 aromatic carbocycles. The van der Waals surface area contributed by atoms with Crippen molar-refractivity contribution < 1.29 is 45.8 Å². The van der Waals surface area contributed by atoms with Crippen LogP contribution < -0.4 is 10.6 Å². The number of halogens is 5. The summed E-state index contributed by atoms with van der Waals surface area (Å²) in [5, 5.41) is 5.22. The van der Waals surface area contributed by atoms with Gasteiger partial charge in [-0.3, -0.25) is 9.59 Å². The van der Waals surface area contributed by atoms with Gasteiger partial charge in [-0.1, -0.05) is 18.9 Å². The second-order valence-corrected chi connectivity index (χ2v) is 9.41. The summed E-state index contributed by atoms with van der Waals surface area (Å²) in [6.45, 7) is 0.153. The van der Waals surface area contributed by atoms with Crippen LogP contribution in [0.4, 0.5) is 22.0 Å². The van der Waals surface area contributed by atoms with Gasteiger partial charge in [0, 0.05) is 17.0 Å². The maximum atomic E-state index is 14.8. The summed E-state index contributed by atoms with van der Waals surface area (Å²) in [7, 11) is 1.19. The fourth-order valence-corrected chi connectivity index (χ4v) is 4.23. The third kappa shape index (κ3) is 6.29. The molecule has 38 heavy (non-hydrogen) atoms. The highest BCUT2D eigenvalue weighted by atomic mass is 19.4. The number of carbonyl (C=O) groups excluding carboxylic acids is 3. The van der Waals surface area contributed by atoms with Gasteiger partial charge in [0.15, 0.2) is 0 Å². The highest BCUT2D eigenvalue weighted by Crippen LogP contribution is 2.37. The maximum Gasteiger partial charge on any atom is 0.419 e. The van der Waals surface area contributed by atoms with Crippen LogP contribution in [-0.4, -0.2) is 44.1 Å². The van der Waals surface area contributed by atoms with Crippen LogP contribution in [0, 0.1) is 23.5 Å². The van der Waals surface area contributed by atoms with Crippen LogP contribution in [0.25, 0.3) is 0 Å². The van der Waals surface area contributed by atoms with E-state index in [2.05, 4.69) is 15.4 Å². The molecule has 12 heteroatoms.